The maximum Gasteiger partial charge on any atom is 0.249 e. The minimum atomic E-state index is -0.923. The summed E-state index contributed by atoms with van der Waals surface area (Å²) in [5, 5.41) is 14.5. The van der Waals surface area contributed by atoms with E-state index in [0.717, 1.165) is 28.9 Å². The first kappa shape index (κ1) is 27.5. The van der Waals surface area contributed by atoms with E-state index in [1.165, 1.54) is 12.1 Å². The van der Waals surface area contributed by atoms with Gasteiger partial charge in [0, 0.05) is 61.5 Å². The normalized spacial score (nSPS) is 23.9. The third-order valence-electron chi connectivity index (χ3n) is 8.57. The Kier molecular flexibility index (Phi) is 7.39. The number of fused-ring (bicyclic) bond motifs is 1. The lowest BCUT2D eigenvalue weighted by Crippen LogP contribution is -2.61. The minimum absolute atomic E-state index is 0.00702. The largest absolute Gasteiger partial charge is 0.384 e. The van der Waals surface area contributed by atoms with Gasteiger partial charge in [-0.3, -0.25) is 14.5 Å². The van der Waals surface area contributed by atoms with Crippen molar-refractivity contribution >= 4 is 17.5 Å². The molecule has 0 bridgehead atoms. The van der Waals surface area contributed by atoms with Crippen LogP contribution in [0.25, 0.3) is 0 Å². The summed E-state index contributed by atoms with van der Waals surface area (Å²) in [6.07, 6.45) is -0.923. The van der Waals surface area contributed by atoms with E-state index in [9.17, 15) is 19.1 Å². The molecule has 2 amide bonds. The first-order chi connectivity index (χ1) is 18.4. The predicted octanol–water partition coefficient (Wildman–Crippen LogP) is 3.37. The van der Waals surface area contributed by atoms with Crippen LogP contribution in [0.2, 0.25) is 0 Å². The minimum Gasteiger partial charge on any atom is -0.384 e. The van der Waals surface area contributed by atoms with Crippen LogP contribution in [0.4, 0.5) is 10.1 Å². The number of piperazine rings is 1. The Labute approximate surface area is 230 Å². The van der Waals surface area contributed by atoms with Gasteiger partial charge in [0.1, 0.15) is 11.9 Å². The average molecular weight is 535 g/mol. The first-order valence-corrected chi connectivity index (χ1v) is 13.8. The Hall–Kier alpha value is -3.07. The van der Waals surface area contributed by atoms with Crippen LogP contribution in [0.15, 0.2) is 53.6 Å². The SMILES string of the molecule is CC1=C(C)C(=O)N(C[C@H]2CNC(C)CN2CC(=O)N2CC(C)(C)c3ccc([C@@H](O)c4ccc(F)cc4)cc32)C1. The number of aliphatic hydroxyl groups excluding tert-OH is 1. The topological polar surface area (TPSA) is 76.1 Å². The first-order valence-electron chi connectivity index (χ1n) is 13.8. The number of rotatable bonds is 6. The summed E-state index contributed by atoms with van der Waals surface area (Å²) in [7, 11) is 0. The van der Waals surface area contributed by atoms with Crippen LogP contribution in [0.5, 0.6) is 0 Å². The second kappa shape index (κ2) is 10.5. The van der Waals surface area contributed by atoms with Crippen LogP contribution < -0.4 is 10.2 Å². The molecule has 8 heteroatoms. The van der Waals surface area contributed by atoms with Crippen molar-refractivity contribution in [3.05, 3.63) is 76.1 Å². The molecule has 0 spiro atoms. The lowest BCUT2D eigenvalue weighted by Gasteiger charge is -2.41. The number of carbonyl (C=O) groups excluding carboxylic acids is 2. The van der Waals surface area contributed by atoms with E-state index in [1.54, 1.807) is 12.1 Å². The van der Waals surface area contributed by atoms with Crippen LogP contribution in [0, 0.1) is 5.82 Å². The second-order valence-electron chi connectivity index (χ2n) is 12.1. The van der Waals surface area contributed by atoms with Crippen LogP contribution in [0.1, 0.15) is 57.4 Å². The van der Waals surface area contributed by atoms with Gasteiger partial charge in [0.05, 0.1) is 6.54 Å². The van der Waals surface area contributed by atoms with E-state index in [2.05, 4.69) is 31.0 Å². The summed E-state index contributed by atoms with van der Waals surface area (Å²) in [6, 6.07) is 11.9. The number of nitrogens with one attached hydrogen (secondary N) is 1. The Balaban J connectivity index is 1.36. The number of anilines is 1. The molecular weight excluding hydrogens is 495 g/mol. The number of amides is 2. The molecule has 0 saturated carbocycles. The molecule has 3 aliphatic rings. The highest BCUT2D eigenvalue weighted by Gasteiger charge is 2.40. The number of hydrogen-bond acceptors (Lipinski definition) is 5. The van der Waals surface area contributed by atoms with Crippen molar-refractivity contribution in [1.82, 2.24) is 15.1 Å². The van der Waals surface area contributed by atoms with E-state index in [-0.39, 0.29) is 41.7 Å². The van der Waals surface area contributed by atoms with Gasteiger partial charge in [-0.25, -0.2) is 4.39 Å². The number of benzene rings is 2. The molecule has 3 heterocycles. The molecule has 3 aliphatic heterocycles. The summed E-state index contributed by atoms with van der Waals surface area (Å²) in [5.74, 6) is -0.262. The van der Waals surface area contributed by atoms with Gasteiger partial charge in [-0.05, 0) is 61.2 Å². The fourth-order valence-electron chi connectivity index (χ4n) is 6.10. The molecule has 3 atom stereocenters. The van der Waals surface area contributed by atoms with Crippen molar-refractivity contribution in [2.45, 2.75) is 58.2 Å². The summed E-state index contributed by atoms with van der Waals surface area (Å²) in [4.78, 5) is 32.5. The van der Waals surface area contributed by atoms with E-state index in [4.69, 9.17) is 0 Å². The van der Waals surface area contributed by atoms with Gasteiger partial charge in [0.15, 0.2) is 0 Å². The van der Waals surface area contributed by atoms with E-state index in [1.807, 2.05) is 41.8 Å². The maximum atomic E-state index is 13.9. The molecular formula is C31H39FN4O3. The Morgan fingerprint density at radius 2 is 1.85 bits per heavy atom. The fourth-order valence-corrected chi connectivity index (χ4v) is 6.10. The number of aliphatic hydroxyl groups is 1. The van der Waals surface area contributed by atoms with Crippen LogP contribution >= 0.6 is 0 Å². The lowest BCUT2D eigenvalue weighted by atomic mass is 9.86. The van der Waals surface area contributed by atoms with Crippen molar-refractivity contribution in [1.29, 1.82) is 0 Å². The molecule has 0 aliphatic carbocycles. The number of halogens is 1. The van der Waals surface area contributed by atoms with Crippen LogP contribution in [-0.4, -0.2) is 78.1 Å². The lowest BCUT2D eigenvalue weighted by molar-refractivity contribution is -0.126. The van der Waals surface area contributed by atoms with Crippen LogP contribution in [0.3, 0.4) is 0 Å². The summed E-state index contributed by atoms with van der Waals surface area (Å²) in [6.45, 7) is 13.7. The van der Waals surface area contributed by atoms with Gasteiger partial charge in [-0.1, -0.05) is 38.1 Å². The van der Waals surface area contributed by atoms with Gasteiger partial charge < -0.3 is 20.2 Å². The molecule has 1 fully saturated rings. The van der Waals surface area contributed by atoms with Crippen molar-refractivity contribution in [3.63, 3.8) is 0 Å². The molecule has 1 saturated heterocycles. The highest BCUT2D eigenvalue weighted by molar-refractivity contribution is 5.98. The zero-order valence-electron chi connectivity index (χ0n) is 23.5. The second-order valence-corrected chi connectivity index (χ2v) is 12.1. The molecule has 5 rings (SSSR count). The molecule has 2 N–H and O–H groups in total. The number of nitrogens with zero attached hydrogens (tertiary/aromatic N) is 3. The zero-order valence-corrected chi connectivity index (χ0v) is 23.5. The Morgan fingerprint density at radius 1 is 1.15 bits per heavy atom. The third kappa shape index (κ3) is 5.38. The third-order valence-corrected chi connectivity index (χ3v) is 8.57. The standard InChI is InChI=1S/C31H39FN4O3/c1-19-14-35(30(39)21(19)3)16-25-13-33-20(2)15-34(25)17-28(37)36-18-31(4,5)26-11-8-23(12-27(26)36)29(38)22-6-9-24(32)10-7-22/h6-12,20,25,29,33,38H,13-18H2,1-5H3/t20?,25-,29+/m1/s1. The van der Waals surface area contributed by atoms with Gasteiger partial charge in [0.2, 0.25) is 11.8 Å². The molecule has 7 nitrogen and oxygen atoms in total. The van der Waals surface area contributed by atoms with Crippen molar-refractivity contribution in [3.8, 4) is 0 Å². The zero-order chi connectivity index (χ0) is 28.1. The molecule has 2 aromatic rings. The molecule has 0 aromatic heterocycles. The van der Waals surface area contributed by atoms with Gasteiger partial charge in [0.25, 0.3) is 0 Å². The Morgan fingerprint density at radius 3 is 2.51 bits per heavy atom. The molecule has 1 unspecified atom stereocenters. The highest BCUT2D eigenvalue weighted by Crippen LogP contribution is 2.42. The number of carbonyl (C=O) groups is 2. The van der Waals surface area contributed by atoms with Crippen molar-refractivity contribution in [2.24, 2.45) is 0 Å². The summed E-state index contributed by atoms with van der Waals surface area (Å²) < 4.78 is 13.4. The summed E-state index contributed by atoms with van der Waals surface area (Å²) >= 11 is 0. The fraction of sp³-hybridized carbons (Fsp3) is 0.484. The van der Waals surface area contributed by atoms with Gasteiger partial charge in [-0.15, -0.1) is 0 Å². The van der Waals surface area contributed by atoms with E-state index >= 15 is 0 Å². The number of hydrogen-bond donors (Lipinski definition) is 2. The monoisotopic (exact) mass is 534 g/mol. The van der Waals surface area contributed by atoms with Crippen molar-refractivity contribution < 1.29 is 19.1 Å². The molecule has 208 valence electrons. The van der Waals surface area contributed by atoms with Crippen molar-refractivity contribution in [2.75, 3.05) is 44.2 Å². The molecule has 0 radical (unpaired) electrons. The molecule has 39 heavy (non-hydrogen) atoms. The molecule has 2 aromatic carbocycles. The van der Waals surface area contributed by atoms with E-state index in [0.29, 0.717) is 37.3 Å². The predicted molar refractivity (Wildman–Crippen MR) is 150 cm³/mol. The quantitative estimate of drug-likeness (QED) is 0.595. The highest BCUT2D eigenvalue weighted by atomic mass is 19.1. The smallest absolute Gasteiger partial charge is 0.249 e. The van der Waals surface area contributed by atoms with Crippen LogP contribution in [-0.2, 0) is 15.0 Å². The maximum absolute atomic E-state index is 13.9. The summed E-state index contributed by atoms with van der Waals surface area (Å²) in [5.41, 5.74) is 4.84. The average Bonchev–Trinajstić information content (AvgIpc) is 3.31. The van der Waals surface area contributed by atoms with E-state index < -0.39 is 6.10 Å². The Bertz CT molecular complexity index is 1310. The van der Waals surface area contributed by atoms with Gasteiger partial charge in [-0.2, -0.15) is 0 Å². The van der Waals surface area contributed by atoms with Gasteiger partial charge >= 0.3 is 0 Å².